The molecule has 1 saturated heterocycles. The largest absolute Gasteiger partial charge is 0.389 e. The molecule has 2 aromatic carbocycles. The van der Waals surface area contributed by atoms with Gasteiger partial charge in [-0.3, -0.25) is 0 Å². The molecular weight excluding hydrogens is 428 g/mol. The van der Waals surface area contributed by atoms with E-state index in [4.69, 9.17) is 18.9 Å². The molecule has 0 spiro atoms. The molecule has 1 heterocycles. The molecule has 1 aliphatic heterocycles. The number of rotatable bonds is 8. The molecule has 10 atom stereocenters. The third kappa shape index (κ3) is 3.32. The molecule has 1 N–H and O–H groups in total. The quantitative estimate of drug-likeness (QED) is 0.620. The molecule has 0 radical (unpaired) electrons. The molecule has 2 aromatic rings. The Morgan fingerprint density at radius 3 is 2.09 bits per heavy atom. The lowest BCUT2D eigenvalue weighted by Gasteiger charge is -2.47. The molecule has 2 bridgehead atoms. The van der Waals surface area contributed by atoms with E-state index in [9.17, 15) is 5.11 Å². The summed E-state index contributed by atoms with van der Waals surface area (Å²) in [5.74, 6) is -0.145. The normalized spacial score (nSPS) is 44.0. The van der Waals surface area contributed by atoms with Gasteiger partial charge in [-0.1, -0.05) is 67.6 Å². The Bertz CT molecular complexity index is 994. The van der Waals surface area contributed by atoms with Gasteiger partial charge in [0.25, 0.3) is 0 Å². The van der Waals surface area contributed by atoms with Crippen molar-refractivity contribution >= 4 is 0 Å². The first-order valence-corrected chi connectivity index (χ1v) is 12.8. The highest BCUT2D eigenvalue weighted by atomic mass is 16.7. The van der Waals surface area contributed by atoms with Gasteiger partial charge in [-0.05, 0) is 36.8 Å². The van der Waals surface area contributed by atoms with Crippen LogP contribution in [0, 0.1) is 29.6 Å². The zero-order valence-electron chi connectivity index (χ0n) is 20.3. The fraction of sp³-hybridized carbons (Fsp3) is 0.586. The van der Waals surface area contributed by atoms with Crippen LogP contribution in [0.4, 0.5) is 0 Å². The lowest BCUT2D eigenvalue weighted by molar-refractivity contribution is -0.258. The van der Waals surface area contributed by atoms with Crippen molar-refractivity contribution in [1.82, 2.24) is 0 Å². The zero-order valence-corrected chi connectivity index (χ0v) is 20.3. The van der Waals surface area contributed by atoms with Crippen LogP contribution in [0.2, 0.25) is 0 Å². The van der Waals surface area contributed by atoms with Gasteiger partial charge in [0.1, 0.15) is 0 Å². The highest BCUT2D eigenvalue weighted by molar-refractivity contribution is 5.26. The van der Waals surface area contributed by atoms with E-state index in [2.05, 4.69) is 31.2 Å². The van der Waals surface area contributed by atoms with Gasteiger partial charge in [0.05, 0.1) is 37.1 Å². The highest BCUT2D eigenvalue weighted by Gasteiger charge is 2.81. The Kier molecular flexibility index (Phi) is 5.62. The molecule has 0 amide bonds. The van der Waals surface area contributed by atoms with E-state index in [1.165, 1.54) is 5.56 Å². The van der Waals surface area contributed by atoms with Crippen molar-refractivity contribution in [2.24, 2.45) is 29.6 Å². The van der Waals surface area contributed by atoms with Crippen LogP contribution in [0.25, 0.3) is 0 Å². The van der Waals surface area contributed by atoms with Crippen LogP contribution in [-0.4, -0.2) is 41.4 Å². The summed E-state index contributed by atoms with van der Waals surface area (Å²) < 4.78 is 26.4. The van der Waals surface area contributed by atoms with E-state index >= 15 is 0 Å². The van der Waals surface area contributed by atoms with Crippen LogP contribution in [-0.2, 0) is 32.2 Å². The summed E-state index contributed by atoms with van der Waals surface area (Å²) >= 11 is 0. The predicted octanol–water partition coefficient (Wildman–Crippen LogP) is 4.57. The van der Waals surface area contributed by atoms with Crippen molar-refractivity contribution in [3.63, 3.8) is 0 Å². The Hall–Kier alpha value is -1.76. The van der Waals surface area contributed by atoms with Crippen LogP contribution >= 0.6 is 0 Å². The van der Waals surface area contributed by atoms with E-state index in [-0.39, 0.29) is 47.9 Å². The average molecular weight is 465 g/mol. The lowest BCUT2D eigenvalue weighted by Crippen LogP contribution is -2.55. The standard InChI is InChI=1S/C29H36O5/c1-4-33-29-15-21-22-23(27(29)28(21,3)30)26(34-29)25(32-17-20-13-9-6-10-14-20)18(2)24(22)31-16-19-11-7-5-8-12-19/h5-14,18,21-27,30H,4,15-17H2,1-3H3/t18-,21-,22+,23-,24-,25-,26-,27+,28-,29-/m1/s1. The Morgan fingerprint density at radius 2 is 1.50 bits per heavy atom. The second-order valence-electron chi connectivity index (χ2n) is 10.9. The predicted molar refractivity (Wildman–Crippen MR) is 128 cm³/mol. The van der Waals surface area contributed by atoms with E-state index in [0.29, 0.717) is 19.8 Å². The summed E-state index contributed by atoms with van der Waals surface area (Å²) in [5.41, 5.74) is 1.48. The number of ether oxygens (including phenoxy) is 4. The molecular formula is C29H36O5. The van der Waals surface area contributed by atoms with E-state index in [1.54, 1.807) is 0 Å². The maximum Gasteiger partial charge on any atom is 0.175 e. The van der Waals surface area contributed by atoms with E-state index in [0.717, 1.165) is 12.0 Å². The minimum Gasteiger partial charge on any atom is -0.389 e. The van der Waals surface area contributed by atoms with Crippen molar-refractivity contribution in [3.05, 3.63) is 71.8 Å². The molecule has 3 aliphatic carbocycles. The first kappa shape index (κ1) is 22.7. The number of hydrogen-bond donors (Lipinski definition) is 1. The van der Waals surface area contributed by atoms with Crippen LogP contribution in [0.1, 0.15) is 38.3 Å². The highest BCUT2D eigenvalue weighted by Crippen LogP contribution is 2.72. The van der Waals surface area contributed by atoms with E-state index in [1.807, 2.05) is 50.2 Å². The lowest BCUT2D eigenvalue weighted by atomic mass is 9.64. The average Bonchev–Trinajstić information content (AvgIpc) is 3.33. The van der Waals surface area contributed by atoms with Crippen molar-refractivity contribution < 1.29 is 24.1 Å². The summed E-state index contributed by atoms with van der Waals surface area (Å²) in [7, 11) is 0. The minimum absolute atomic E-state index is 0.00923. The van der Waals surface area contributed by atoms with Crippen LogP contribution < -0.4 is 0 Å². The molecule has 34 heavy (non-hydrogen) atoms. The Balaban J connectivity index is 1.33. The van der Waals surface area contributed by atoms with Gasteiger partial charge >= 0.3 is 0 Å². The second kappa shape index (κ2) is 8.42. The van der Waals surface area contributed by atoms with Crippen LogP contribution in [0.5, 0.6) is 0 Å². The molecule has 6 rings (SSSR count). The molecule has 4 aliphatic rings. The number of aliphatic hydroxyl groups is 1. The van der Waals surface area contributed by atoms with Crippen molar-refractivity contribution in [3.8, 4) is 0 Å². The number of benzene rings is 2. The first-order valence-electron chi connectivity index (χ1n) is 12.8. The molecule has 0 aromatic heterocycles. The summed E-state index contributed by atoms with van der Waals surface area (Å²) in [6.45, 7) is 7.90. The van der Waals surface area contributed by atoms with Crippen molar-refractivity contribution in [2.45, 2.75) is 70.1 Å². The maximum absolute atomic E-state index is 11.7. The van der Waals surface area contributed by atoms with Crippen LogP contribution in [0.3, 0.4) is 0 Å². The van der Waals surface area contributed by atoms with Gasteiger partial charge in [-0.25, -0.2) is 0 Å². The minimum atomic E-state index is -0.832. The molecule has 3 saturated carbocycles. The van der Waals surface area contributed by atoms with Gasteiger partial charge in [0.15, 0.2) is 5.79 Å². The van der Waals surface area contributed by atoms with Gasteiger partial charge in [-0.2, -0.15) is 0 Å². The smallest absolute Gasteiger partial charge is 0.175 e. The van der Waals surface area contributed by atoms with Crippen molar-refractivity contribution in [2.75, 3.05) is 6.61 Å². The SMILES string of the molecule is CCO[C@]12C[C@@H]3[C@@H]4[C@H](OCc5ccccc5)[C@@H](C)[C@@H](OCc5ccccc5)[C@H](O1)[C@@H]4[C@H]2[C@]3(C)O. The summed E-state index contributed by atoms with van der Waals surface area (Å²) in [6.07, 6.45) is 0.486. The number of hydrogen-bond acceptors (Lipinski definition) is 5. The van der Waals surface area contributed by atoms with Gasteiger partial charge in [0.2, 0.25) is 0 Å². The first-order chi connectivity index (χ1) is 16.5. The molecule has 0 unspecified atom stereocenters. The van der Waals surface area contributed by atoms with Gasteiger partial charge in [-0.15, -0.1) is 0 Å². The van der Waals surface area contributed by atoms with Gasteiger partial charge < -0.3 is 24.1 Å². The zero-order chi connectivity index (χ0) is 23.5. The summed E-state index contributed by atoms with van der Waals surface area (Å²) in [4.78, 5) is 0. The summed E-state index contributed by atoms with van der Waals surface area (Å²) in [5, 5.41) is 11.7. The van der Waals surface area contributed by atoms with Crippen molar-refractivity contribution in [1.29, 1.82) is 0 Å². The molecule has 4 fully saturated rings. The number of fused-ring (bicyclic) bond motifs is 2. The Morgan fingerprint density at radius 1 is 0.912 bits per heavy atom. The third-order valence-corrected chi connectivity index (χ3v) is 9.07. The molecule has 5 nitrogen and oxygen atoms in total. The molecule has 5 heteroatoms. The second-order valence-corrected chi connectivity index (χ2v) is 10.9. The fourth-order valence-electron chi connectivity index (χ4n) is 7.89. The Labute approximate surface area is 202 Å². The fourth-order valence-corrected chi connectivity index (χ4v) is 7.89. The van der Waals surface area contributed by atoms with Crippen LogP contribution in [0.15, 0.2) is 60.7 Å². The molecule has 182 valence electrons. The third-order valence-electron chi connectivity index (χ3n) is 9.07. The maximum atomic E-state index is 11.7. The van der Waals surface area contributed by atoms with E-state index < -0.39 is 11.4 Å². The van der Waals surface area contributed by atoms with Gasteiger partial charge in [0, 0.05) is 30.8 Å². The monoisotopic (exact) mass is 464 g/mol. The topological polar surface area (TPSA) is 57.2 Å². The summed E-state index contributed by atoms with van der Waals surface area (Å²) in [6, 6.07) is 20.6.